The maximum Gasteiger partial charge on any atom is 0.310 e. The summed E-state index contributed by atoms with van der Waals surface area (Å²) in [6.45, 7) is 0.383. The number of carbonyl (C=O) groups is 2. The van der Waals surface area contributed by atoms with Crippen molar-refractivity contribution in [1.29, 1.82) is 0 Å². The topological polar surface area (TPSA) is 108 Å². The van der Waals surface area contributed by atoms with Gasteiger partial charge in [-0.3, -0.25) is 14.6 Å². The van der Waals surface area contributed by atoms with Crippen molar-refractivity contribution in [2.75, 3.05) is 13.7 Å². The van der Waals surface area contributed by atoms with Crippen LogP contribution in [0.25, 0.3) is 10.4 Å². The van der Waals surface area contributed by atoms with Crippen LogP contribution in [0.15, 0.2) is 17.4 Å². The van der Waals surface area contributed by atoms with Crippen LogP contribution in [0.1, 0.15) is 35.2 Å². The summed E-state index contributed by atoms with van der Waals surface area (Å²) in [4.78, 5) is 33.1. The molecule has 23 heavy (non-hydrogen) atoms. The Labute approximate surface area is 133 Å². The minimum atomic E-state index is -0.267. The highest BCUT2D eigenvalue weighted by atomic mass is 16.5. The van der Waals surface area contributed by atoms with Crippen molar-refractivity contribution in [3.8, 4) is 0 Å². The lowest BCUT2D eigenvalue weighted by Gasteiger charge is -2.37. The second-order valence-corrected chi connectivity index (χ2v) is 5.84. The monoisotopic (exact) mass is 315 g/mol. The maximum absolute atomic E-state index is 12.8. The van der Waals surface area contributed by atoms with Gasteiger partial charge in [0.15, 0.2) is 0 Å². The molecule has 0 aromatic carbocycles. The Morgan fingerprint density at radius 2 is 2.30 bits per heavy atom. The van der Waals surface area contributed by atoms with Crippen molar-refractivity contribution < 1.29 is 14.3 Å². The molecule has 8 nitrogen and oxygen atoms in total. The van der Waals surface area contributed by atoms with E-state index in [2.05, 4.69) is 15.0 Å². The number of aromatic nitrogens is 1. The van der Waals surface area contributed by atoms with Crippen LogP contribution in [-0.4, -0.2) is 41.5 Å². The SMILES string of the molecule is COC(=O)C1CCC2CCc3cc(N=[N+]=[N-])ncc3C(=O)N2C1. The molecule has 0 radical (unpaired) electrons. The van der Waals surface area contributed by atoms with Gasteiger partial charge in [-0.2, -0.15) is 0 Å². The Bertz CT molecular complexity index is 698. The summed E-state index contributed by atoms with van der Waals surface area (Å²) in [6, 6.07) is 1.79. The van der Waals surface area contributed by atoms with Gasteiger partial charge in [0.1, 0.15) is 5.82 Å². The zero-order valence-corrected chi connectivity index (χ0v) is 12.8. The molecule has 3 rings (SSSR count). The maximum atomic E-state index is 12.8. The molecule has 2 atom stereocenters. The number of aryl methyl sites for hydroxylation is 1. The molecule has 1 aromatic rings. The molecule has 2 aliphatic heterocycles. The highest BCUT2D eigenvalue weighted by molar-refractivity contribution is 5.96. The summed E-state index contributed by atoms with van der Waals surface area (Å²) in [5.74, 6) is -0.378. The molecule has 2 aliphatic rings. The van der Waals surface area contributed by atoms with E-state index in [1.807, 2.05) is 0 Å². The third kappa shape index (κ3) is 2.85. The third-order valence-corrected chi connectivity index (χ3v) is 4.60. The first-order chi connectivity index (χ1) is 11.1. The summed E-state index contributed by atoms with van der Waals surface area (Å²) in [6.07, 6.45) is 4.54. The van der Waals surface area contributed by atoms with Crippen LogP contribution < -0.4 is 0 Å². The zero-order valence-electron chi connectivity index (χ0n) is 12.8. The highest BCUT2D eigenvalue weighted by Crippen LogP contribution is 2.32. The minimum absolute atomic E-state index is 0.115. The van der Waals surface area contributed by atoms with Crippen LogP contribution in [0.2, 0.25) is 0 Å². The number of hydrogen-bond acceptors (Lipinski definition) is 5. The van der Waals surface area contributed by atoms with Crippen molar-refractivity contribution in [3.05, 3.63) is 33.8 Å². The Balaban J connectivity index is 1.90. The fourth-order valence-electron chi connectivity index (χ4n) is 3.40. The first kappa shape index (κ1) is 15.3. The number of hydrogen-bond donors (Lipinski definition) is 0. The normalized spacial score (nSPS) is 23.2. The van der Waals surface area contributed by atoms with Crippen molar-refractivity contribution in [1.82, 2.24) is 9.88 Å². The fourth-order valence-corrected chi connectivity index (χ4v) is 3.40. The lowest BCUT2D eigenvalue weighted by Crippen LogP contribution is -2.48. The summed E-state index contributed by atoms with van der Waals surface area (Å²) >= 11 is 0. The van der Waals surface area contributed by atoms with Crippen LogP contribution in [0, 0.1) is 5.92 Å². The van der Waals surface area contributed by atoms with E-state index in [4.69, 9.17) is 10.3 Å². The number of methoxy groups -OCH3 is 1. The molecular formula is C15H17N5O3. The molecule has 1 amide bonds. The smallest absolute Gasteiger partial charge is 0.310 e. The van der Waals surface area contributed by atoms with E-state index in [0.717, 1.165) is 31.2 Å². The molecule has 0 N–H and O–H groups in total. The summed E-state index contributed by atoms with van der Waals surface area (Å²) < 4.78 is 4.81. The average Bonchev–Trinajstić information content (AvgIpc) is 2.71. The summed E-state index contributed by atoms with van der Waals surface area (Å²) in [5, 5.41) is 3.49. The van der Waals surface area contributed by atoms with E-state index < -0.39 is 0 Å². The van der Waals surface area contributed by atoms with Gasteiger partial charge in [-0.15, -0.1) is 0 Å². The molecule has 1 fully saturated rings. The molecule has 2 unspecified atom stereocenters. The number of piperidine rings is 1. The predicted octanol–water partition coefficient (Wildman–Crippen LogP) is 2.36. The minimum Gasteiger partial charge on any atom is -0.469 e. The van der Waals surface area contributed by atoms with Crippen LogP contribution in [0.4, 0.5) is 5.82 Å². The predicted molar refractivity (Wildman–Crippen MR) is 80.9 cm³/mol. The van der Waals surface area contributed by atoms with Crippen molar-refractivity contribution in [2.45, 2.75) is 31.7 Å². The second-order valence-electron chi connectivity index (χ2n) is 5.84. The number of nitrogens with zero attached hydrogens (tertiary/aromatic N) is 5. The van der Waals surface area contributed by atoms with Gasteiger partial charge >= 0.3 is 5.97 Å². The number of fused-ring (bicyclic) bond motifs is 2. The van der Waals surface area contributed by atoms with Gasteiger partial charge < -0.3 is 9.64 Å². The van der Waals surface area contributed by atoms with Gasteiger partial charge in [-0.25, -0.2) is 0 Å². The molecule has 0 spiro atoms. The second kappa shape index (κ2) is 6.26. The lowest BCUT2D eigenvalue weighted by atomic mass is 9.91. The van der Waals surface area contributed by atoms with Gasteiger partial charge in [0.25, 0.3) is 5.91 Å². The number of esters is 1. The highest BCUT2D eigenvalue weighted by Gasteiger charge is 2.37. The van der Waals surface area contributed by atoms with E-state index in [0.29, 0.717) is 12.1 Å². The number of rotatable bonds is 2. The average molecular weight is 315 g/mol. The van der Waals surface area contributed by atoms with Gasteiger partial charge in [0.2, 0.25) is 0 Å². The first-order valence-electron chi connectivity index (χ1n) is 7.57. The van der Waals surface area contributed by atoms with Crippen LogP contribution in [0.3, 0.4) is 0 Å². The van der Waals surface area contributed by atoms with E-state index in [1.54, 1.807) is 11.0 Å². The van der Waals surface area contributed by atoms with Gasteiger partial charge in [-0.1, -0.05) is 0 Å². The third-order valence-electron chi connectivity index (χ3n) is 4.60. The number of azide groups is 1. The Hall–Kier alpha value is -2.60. The molecule has 8 heteroatoms. The van der Waals surface area contributed by atoms with Gasteiger partial charge in [0.05, 0.1) is 18.6 Å². The number of ether oxygens (including phenoxy) is 1. The van der Waals surface area contributed by atoms with E-state index in [9.17, 15) is 9.59 Å². The summed E-state index contributed by atoms with van der Waals surface area (Å²) in [5.41, 5.74) is 9.87. The molecule has 0 bridgehead atoms. The molecule has 120 valence electrons. The summed E-state index contributed by atoms with van der Waals surface area (Å²) in [7, 11) is 1.37. The molecule has 0 saturated carbocycles. The molecule has 3 heterocycles. The number of amides is 1. The van der Waals surface area contributed by atoms with Crippen LogP contribution in [-0.2, 0) is 16.0 Å². The quantitative estimate of drug-likeness (QED) is 0.361. The first-order valence-corrected chi connectivity index (χ1v) is 7.57. The number of pyridine rings is 1. The fraction of sp³-hybridized carbons (Fsp3) is 0.533. The van der Waals surface area contributed by atoms with E-state index in [-0.39, 0.29) is 29.7 Å². The van der Waals surface area contributed by atoms with Crippen molar-refractivity contribution >= 4 is 17.7 Å². The molecular weight excluding hydrogens is 298 g/mol. The Morgan fingerprint density at radius 1 is 1.48 bits per heavy atom. The van der Waals surface area contributed by atoms with Gasteiger partial charge in [-0.05, 0) is 48.0 Å². The van der Waals surface area contributed by atoms with E-state index >= 15 is 0 Å². The largest absolute Gasteiger partial charge is 0.469 e. The zero-order chi connectivity index (χ0) is 16.4. The lowest BCUT2D eigenvalue weighted by molar-refractivity contribution is -0.147. The molecule has 1 saturated heterocycles. The molecule has 1 aromatic heterocycles. The Kier molecular flexibility index (Phi) is 4.16. The molecule has 0 aliphatic carbocycles. The van der Waals surface area contributed by atoms with Crippen LogP contribution >= 0.6 is 0 Å². The van der Waals surface area contributed by atoms with E-state index in [1.165, 1.54) is 13.3 Å². The van der Waals surface area contributed by atoms with Crippen molar-refractivity contribution in [3.63, 3.8) is 0 Å². The number of carbonyl (C=O) groups excluding carboxylic acids is 2. The van der Waals surface area contributed by atoms with Gasteiger partial charge in [0, 0.05) is 23.7 Å². The van der Waals surface area contributed by atoms with Crippen molar-refractivity contribution in [2.24, 2.45) is 11.0 Å². The Morgan fingerprint density at radius 3 is 3.04 bits per heavy atom. The standard InChI is InChI=1S/C15H17N5O3/c1-23-15(22)10-3-5-11-4-2-9-6-13(18-19-16)17-7-12(9)14(21)20(11)8-10/h6-7,10-11H,2-5,8H2,1H3. The van der Waals surface area contributed by atoms with Crippen LogP contribution in [0.5, 0.6) is 0 Å².